The molecule has 2 aromatic carbocycles. The molecule has 11 heteroatoms. The average molecular weight is 471 g/mol. The number of β-amino-alcohol motifs (C(OH)–C–C–N with tert-alkyl or cyclic N) is 1. The van der Waals surface area contributed by atoms with Gasteiger partial charge in [-0.2, -0.15) is 5.10 Å². The second-order valence-electron chi connectivity index (χ2n) is 8.39. The number of aliphatic hydroxyl groups is 1. The summed E-state index contributed by atoms with van der Waals surface area (Å²) >= 11 is 0. The summed E-state index contributed by atoms with van der Waals surface area (Å²) in [5.41, 5.74) is -1.20. The number of fused-ring (bicyclic) bond motifs is 1. The molecule has 0 aliphatic carbocycles. The van der Waals surface area contributed by atoms with Gasteiger partial charge in [-0.1, -0.05) is 6.07 Å². The first-order valence-corrected chi connectivity index (χ1v) is 10.8. The number of ether oxygens (including phenoxy) is 2. The van der Waals surface area contributed by atoms with Crippen molar-refractivity contribution in [3.63, 3.8) is 0 Å². The van der Waals surface area contributed by atoms with Crippen LogP contribution in [0.15, 0.2) is 49.1 Å². The Bertz CT molecular complexity index is 1180. The molecule has 1 fully saturated rings. The lowest BCUT2D eigenvalue weighted by Gasteiger charge is -2.39. The van der Waals surface area contributed by atoms with E-state index in [-0.39, 0.29) is 31.4 Å². The summed E-state index contributed by atoms with van der Waals surface area (Å²) in [5, 5.41) is 15.5. The van der Waals surface area contributed by atoms with Gasteiger partial charge >= 0.3 is 0 Å². The van der Waals surface area contributed by atoms with Gasteiger partial charge in [0.15, 0.2) is 11.5 Å². The van der Waals surface area contributed by atoms with E-state index in [1.54, 1.807) is 23.1 Å². The number of hydrogen-bond donors (Lipinski definition) is 1. The third-order valence-electron chi connectivity index (χ3n) is 6.09. The molecule has 34 heavy (non-hydrogen) atoms. The topological polar surface area (TPSA) is 93.0 Å². The Kier molecular flexibility index (Phi) is 5.88. The maximum absolute atomic E-state index is 14.6. The van der Waals surface area contributed by atoms with Gasteiger partial charge in [-0.15, -0.1) is 0 Å². The van der Waals surface area contributed by atoms with E-state index in [0.29, 0.717) is 43.2 Å². The summed E-state index contributed by atoms with van der Waals surface area (Å²) < 4.78 is 40.2. The first kappa shape index (κ1) is 22.2. The van der Waals surface area contributed by atoms with Crippen LogP contribution in [0, 0.1) is 11.6 Å². The summed E-state index contributed by atoms with van der Waals surface area (Å²) in [5.74, 6) is -0.523. The lowest BCUT2D eigenvalue weighted by atomic mass is 9.92. The molecule has 1 saturated heterocycles. The minimum absolute atomic E-state index is 0.0248. The smallest absolute Gasteiger partial charge is 0.254 e. The van der Waals surface area contributed by atoms with Crippen molar-refractivity contribution < 1.29 is 28.2 Å². The second-order valence-corrected chi connectivity index (χ2v) is 8.39. The van der Waals surface area contributed by atoms with E-state index in [4.69, 9.17) is 9.47 Å². The molecule has 0 spiro atoms. The van der Waals surface area contributed by atoms with Crippen LogP contribution in [0.3, 0.4) is 0 Å². The van der Waals surface area contributed by atoms with Crippen LogP contribution in [0.25, 0.3) is 0 Å². The number of aromatic nitrogens is 3. The van der Waals surface area contributed by atoms with E-state index in [2.05, 4.69) is 10.1 Å². The van der Waals surface area contributed by atoms with E-state index >= 15 is 0 Å². The third-order valence-corrected chi connectivity index (χ3v) is 6.09. The van der Waals surface area contributed by atoms with Crippen molar-refractivity contribution in [1.82, 2.24) is 24.6 Å². The van der Waals surface area contributed by atoms with Gasteiger partial charge in [0.05, 0.1) is 6.54 Å². The van der Waals surface area contributed by atoms with Crippen LogP contribution in [0.5, 0.6) is 11.5 Å². The van der Waals surface area contributed by atoms with E-state index in [0.717, 1.165) is 12.1 Å². The monoisotopic (exact) mass is 471 g/mol. The molecule has 1 atom stereocenters. The molecule has 1 N–H and O–H groups in total. The number of nitrogens with zero attached hydrogens (tertiary/aromatic N) is 5. The summed E-state index contributed by atoms with van der Waals surface area (Å²) in [4.78, 5) is 20.5. The van der Waals surface area contributed by atoms with E-state index in [9.17, 15) is 18.7 Å². The maximum Gasteiger partial charge on any atom is 0.254 e. The lowest BCUT2D eigenvalue weighted by Crippen LogP contribution is -2.53. The van der Waals surface area contributed by atoms with Gasteiger partial charge in [-0.3, -0.25) is 9.69 Å². The predicted molar refractivity (Wildman–Crippen MR) is 115 cm³/mol. The molecule has 178 valence electrons. The van der Waals surface area contributed by atoms with Crippen molar-refractivity contribution in [1.29, 1.82) is 0 Å². The molecular weight excluding hydrogens is 448 g/mol. The molecule has 0 bridgehead atoms. The van der Waals surface area contributed by atoms with Crippen LogP contribution in [0.4, 0.5) is 8.78 Å². The van der Waals surface area contributed by atoms with Crippen molar-refractivity contribution in [3.05, 3.63) is 71.8 Å². The summed E-state index contributed by atoms with van der Waals surface area (Å²) in [7, 11) is 0. The average Bonchev–Trinajstić information content (AvgIpc) is 3.50. The fourth-order valence-electron chi connectivity index (χ4n) is 4.36. The Hall–Kier alpha value is -3.57. The van der Waals surface area contributed by atoms with Gasteiger partial charge in [-0.25, -0.2) is 18.4 Å². The molecule has 2 aliphatic rings. The second kappa shape index (κ2) is 8.99. The zero-order valence-corrected chi connectivity index (χ0v) is 18.2. The summed E-state index contributed by atoms with van der Waals surface area (Å²) in [6.07, 6.45) is 2.75. The highest BCUT2D eigenvalue weighted by molar-refractivity contribution is 5.95. The van der Waals surface area contributed by atoms with Crippen LogP contribution >= 0.6 is 0 Å². The van der Waals surface area contributed by atoms with Crippen LogP contribution in [0.2, 0.25) is 0 Å². The molecule has 3 aromatic rings. The maximum atomic E-state index is 14.6. The molecule has 1 aromatic heterocycles. The highest BCUT2D eigenvalue weighted by Gasteiger charge is 2.37. The Labute approximate surface area is 194 Å². The minimum atomic E-state index is -1.69. The zero-order chi connectivity index (χ0) is 23.7. The molecule has 9 nitrogen and oxygen atoms in total. The van der Waals surface area contributed by atoms with Gasteiger partial charge in [0.1, 0.15) is 29.9 Å². The SMILES string of the molecule is O=C(c1ccc2c(c1)OCO2)N1CCN(CC(O)(Cn2cncn2)c2ccc(F)cc2F)CC1. The first-order valence-electron chi connectivity index (χ1n) is 10.8. The van der Waals surface area contributed by atoms with Gasteiger partial charge in [0.25, 0.3) is 5.91 Å². The Balaban J connectivity index is 1.28. The van der Waals surface area contributed by atoms with Gasteiger partial charge in [0.2, 0.25) is 6.79 Å². The molecule has 0 radical (unpaired) electrons. The van der Waals surface area contributed by atoms with Gasteiger partial charge < -0.3 is 19.5 Å². The number of amides is 1. The highest BCUT2D eigenvalue weighted by Crippen LogP contribution is 2.33. The van der Waals surface area contributed by atoms with Crippen LogP contribution in [-0.2, 0) is 12.1 Å². The predicted octanol–water partition coefficient (Wildman–Crippen LogP) is 1.63. The molecular formula is C23H23F2N5O4. The van der Waals surface area contributed by atoms with Crippen molar-refractivity contribution >= 4 is 5.91 Å². The molecule has 2 aliphatic heterocycles. The number of carbonyl (C=O) groups excluding carboxylic acids is 1. The van der Waals surface area contributed by atoms with Gasteiger partial charge in [0, 0.05) is 49.9 Å². The number of benzene rings is 2. The normalized spacial score (nSPS) is 17.6. The minimum Gasteiger partial charge on any atom is -0.454 e. The van der Waals surface area contributed by atoms with E-state index in [1.807, 2.05) is 4.90 Å². The van der Waals surface area contributed by atoms with Crippen molar-refractivity contribution in [2.45, 2.75) is 12.1 Å². The number of piperazine rings is 1. The summed E-state index contributed by atoms with van der Waals surface area (Å²) in [6, 6.07) is 8.21. The molecule has 1 amide bonds. The number of carbonyl (C=O) groups is 1. The van der Waals surface area contributed by atoms with Crippen molar-refractivity contribution in [3.8, 4) is 11.5 Å². The van der Waals surface area contributed by atoms with Crippen LogP contribution in [0.1, 0.15) is 15.9 Å². The molecule has 1 unspecified atom stereocenters. The molecule has 5 rings (SSSR count). The Morgan fingerprint density at radius 3 is 2.56 bits per heavy atom. The van der Waals surface area contributed by atoms with Crippen molar-refractivity contribution in [2.75, 3.05) is 39.5 Å². The summed E-state index contributed by atoms with van der Waals surface area (Å²) in [6.45, 7) is 1.94. The van der Waals surface area contributed by atoms with Crippen LogP contribution in [-0.4, -0.2) is 75.1 Å². The Morgan fingerprint density at radius 1 is 1.03 bits per heavy atom. The fourth-order valence-corrected chi connectivity index (χ4v) is 4.36. The number of rotatable bonds is 6. The van der Waals surface area contributed by atoms with E-state index in [1.165, 1.54) is 23.4 Å². The standard InChI is InChI=1S/C23H23F2N5O4/c24-17-2-3-18(19(25)10-17)23(32,12-30-14-26-13-27-30)11-28-5-7-29(8-6-28)22(31)16-1-4-20-21(9-16)34-15-33-20/h1-4,9-10,13-14,32H,5-8,11-12,15H2. The third kappa shape index (κ3) is 4.44. The zero-order valence-electron chi connectivity index (χ0n) is 18.2. The van der Waals surface area contributed by atoms with Crippen LogP contribution < -0.4 is 9.47 Å². The highest BCUT2D eigenvalue weighted by atomic mass is 19.1. The number of hydrogen-bond acceptors (Lipinski definition) is 7. The first-order chi connectivity index (χ1) is 16.4. The number of halogens is 2. The lowest BCUT2D eigenvalue weighted by molar-refractivity contribution is -0.0302. The molecule has 0 saturated carbocycles. The fraction of sp³-hybridized carbons (Fsp3) is 0.348. The quantitative estimate of drug-likeness (QED) is 0.584. The van der Waals surface area contributed by atoms with Crippen molar-refractivity contribution in [2.24, 2.45) is 0 Å². The Morgan fingerprint density at radius 2 is 1.82 bits per heavy atom. The molecule has 3 heterocycles. The largest absolute Gasteiger partial charge is 0.454 e. The van der Waals surface area contributed by atoms with Gasteiger partial charge in [-0.05, 0) is 24.3 Å². The van der Waals surface area contributed by atoms with E-state index < -0.39 is 17.2 Å².